The van der Waals surface area contributed by atoms with Crippen molar-refractivity contribution in [3.8, 4) is 0 Å². The van der Waals surface area contributed by atoms with Crippen LogP contribution in [-0.4, -0.2) is 22.1 Å². The van der Waals surface area contributed by atoms with Gasteiger partial charge < -0.3 is 14.9 Å². The lowest BCUT2D eigenvalue weighted by Crippen LogP contribution is -2.27. The number of nitrogens with one attached hydrogen (secondary N) is 1. The van der Waals surface area contributed by atoms with Gasteiger partial charge in [-0.15, -0.1) is 0 Å². The smallest absolute Gasteiger partial charge is 0.303 e. The molecule has 0 radical (unpaired) electrons. The molecule has 2 aliphatic rings. The van der Waals surface area contributed by atoms with Crippen LogP contribution in [-0.2, 0) is 16.0 Å². The van der Waals surface area contributed by atoms with Crippen molar-refractivity contribution in [2.45, 2.75) is 90.9 Å². The largest absolute Gasteiger partial charge is 0.481 e. The maximum Gasteiger partial charge on any atom is 0.303 e. The first-order chi connectivity index (χ1) is 16.5. The Kier molecular flexibility index (Phi) is 7.60. The summed E-state index contributed by atoms with van der Waals surface area (Å²) in [5, 5.41) is 17.1. The van der Waals surface area contributed by atoms with Gasteiger partial charge in [-0.05, 0) is 80.4 Å². The number of nitrogens with zero attached hydrogens (tertiary/aromatic N) is 1. The maximum absolute atomic E-state index is 13.2. The van der Waals surface area contributed by atoms with Crippen LogP contribution in [0.2, 0.25) is 5.02 Å². The number of aliphatic carboxylic acids is 1. The Labute approximate surface area is 212 Å². The Morgan fingerprint density at radius 2 is 1.94 bits per heavy atom. The van der Waals surface area contributed by atoms with E-state index in [-0.39, 0.29) is 18.7 Å². The lowest BCUT2D eigenvalue weighted by molar-refractivity contribution is -0.137. The molecule has 6 nitrogen and oxygen atoms in total. The van der Waals surface area contributed by atoms with Crippen LogP contribution in [0.3, 0.4) is 0 Å². The van der Waals surface area contributed by atoms with Crippen molar-refractivity contribution in [3.05, 3.63) is 45.8 Å². The number of benzene rings is 1. The van der Waals surface area contributed by atoms with Crippen LogP contribution in [0.25, 0.3) is 0 Å². The number of amides is 1. The van der Waals surface area contributed by atoms with Gasteiger partial charge in [-0.1, -0.05) is 43.6 Å². The summed E-state index contributed by atoms with van der Waals surface area (Å²) in [6.45, 7) is 8.79. The molecule has 2 aromatic rings. The van der Waals surface area contributed by atoms with Gasteiger partial charge in [0, 0.05) is 30.2 Å². The van der Waals surface area contributed by atoms with Crippen LogP contribution in [0, 0.1) is 24.2 Å². The first kappa shape index (κ1) is 25.7. The lowest BCUT2D eigenvalue weighted by Gasteiger charge is -2.38. The molecular weight excluding hydrogens is 464 g/mol. The highest BCUT2D eigenvalue weighted by atomic mass is 35.5. The summed E-state index contributed by atoms with van der Waals surface area (Å²) in [5.74, 6) is 0.880. The van der Waals surface area contributed by atoms with Crippen molar-refractivity contribution in [2.75, 3.05) is 5.32 Å². The molecule has 35 heavy (non-hydrogen) atoms. The molecule has 2 saturated carbocycles. The summed E-state index contributed by atoms with van der Waals surface area (Å²) in [5.41, 5.74) is 3.87. The molecule has 1 atom stereocenters. The maximum atomic E-state index is 13.2. The third kappa shape index (κ3) is 6.66. The van der Waals surface area contributed by atoms with E-state index in [9.17, 15) is 14.7 Å². The van der Waals surface area contributed by atoms with Gasteiger partial charge in [-0.25, -0.2) is 0 Å². The molecule has 2 N–H and O–H groups in total. The molecule has 1 amide bonds. The fraction of sp³-hybridized carbons (Fsp3) is 0.607. The molecule has 1 aromatic heterocycles. The molecule has 7 heteroatoms. The van der Waals surface area contributed by atoms with Crippen LogP contribution < -0.4 is 5.32 Å². The van der Waals surface area contributed by atoms with E-state index in [2.05, 4.69) is 31.2 Å². The van der Waals surface area contributed by atoms with Gasteiger partial charge in [0.15, 0.2) is 0 Å². The second-order valence-corrected chi connectivity index (χ2v) is 12.2. The van der Waals surface area contributed by atoms with Crippen LogP contribution in [0.15, 0.2) is 22.7 Å². The molecule has 190 valence electrons. The van der Waals surface area contributed by atoms with Crippen LogP contribution in [0.1, 0.15) is 100 Å². The molecule has 1 aromatic carbocycles. The van der Waals surface area contributed by atoms with E-state index in [1.807, 2.05) is 13.0 Å². The van der Waals surface area contributed by atoms with E-state index < -0.39 is 11.9 Å². The van der Waals surface area contributed by atoms with E-state index >= 15 is 0 Å². The van der Waals surface area contributed by atoms with E-state index in [0.717, 1.165) is 42.7 Å². The van der Waals surface area contributed by atoms with E-state index in [1.165, 1.54) is 12.0 Å². The molecular formula is C28H37ClN2O4. The highest BCUT2D eigenvalue weighted by molar-refractivity contribution is 6.33. The topological polar surface area (TPSA) is 92.4 Å². The standard InChI is InChI=1S/C28H37ClN2O4/c1-16-5-9-22(21(29)11-16)30-27(34)19(8-10-24(32)33)14-23-25(18-6-7-18)26(35-31-23)20-12-17(13-20)15-28(2,3)4/h5,9,11,17-20H,6-8,10,12-15H2,1-4H3,(H,30,34)(H,32,33)/t17?,19-,20?/m1/s1. The first-order valence-corrected chi connectivity index (χ1v) is 13.1. The summed E-state index contributed by atoms with van der Waals surface area (Å²) in [6.07, 6.45) is 6.21. The average Bonchev–Trinajstić information content (AvgIpc) is 3.49. The number of hydrogen-bond donors (Lipinski definition) is 2. The molecule has 0 unspecified atom stereocenters. The molecule has 0 bridgehead atoms. The van der Waals surface area contributed by atoms with Crippen molar-refractivity contribution in [2.24, 2.45) is 17.3 Å². The Hall–Kier alpha value is -2.34. The fourth-order valence-corrected chi connectivity index (χ4v) is 5.67. The quantitative estimate of drug-likeness (QED) is 0.362. The monoisotopic (exact) mass is 500 g/mol. The number of aryl methyl sites for hydroxylation is 1. The SMILES string of the molecule is Cc1ccc(NC(=O)[C@H](CCC(=O)O)Cc2noc(C3CC(CC(C)(C)C)C3)c2C2CC2)c(Cl)c1. The summed E-state index contributed by atoms with van der Waals surface area (Å²) in [6, 6.07) is 5.46. The number of carboxylic acid groups (broad SMARTS) is 1. The number of carbonyl (C=O) groups is 2. The fourth-order valence-electron chi connectivity index (χ4n) is 5.39. The highest BCUT2D eigenvalue weighted by Gasteiger charge is 2.41. The van der Waals surface area contributed by atoms with Crippen molar-refractivity contribution in [1.29, 1.82) is 0 Å². The average molecular weight is 501 g/mol. The van der Waals surface area contributed by atoms with E-state index in [0.29, 0.717) is 40.3 Å². The molecule has 0 spiro atoms. The third-order valence-corrected chi connectivity index (χ3v) is 7.54. The van der Waals surface area contributed by atoms with Gasteiger partial charge in [0.25, 0.3) is 0 Å². The summed E-state index contributed by atoms with van der Waals surface area (Å²) < 4.78 is 5.92. The van der Waals surface area contributed by atoms with Gasteiger partial charge in [0.2, 0.25) is 5.91 Å². The predicted molar refractivity (Wildman–Crippen MR) is 137 cm³/mol. The number of hydrogen-bond acceptors (Lipinski definition) is 4. The predicted octanol–water partition coefficient (Wildman–Crippen LogP) is 7.11. The molecule has 0 saturated heterocycles. The first-order valence-electron chi connectivity index (χ1n) is 12.8. The van der Waals surface area contributed by atoms with Gasteiger partial charge in [0.1, 0.15) is 5.76 Å². The number of anilines is 1. The molecule has 1 heterocycles. The van der Waals surface area contributed by atoms with Crippen LogP contribution >= 0.6 is 11.6 Å². The van der Waals surface area contributed by atoms with Crippen LogP contribution in [0.4, 0.5) is 5.69 Å². The number of aromatic nitrogens is 1. The number of carboxylic acids is 1. The van der Waals surface area contributed by atoms with Crippen LogP contribution in [0.5, 0.6) is 0 Å². The molecule has 2 aliphatic carbocycles. The van der Waals surface area contributed by atoms with E-state index in [1.54, 1.807) is 12.1 Å². The number of halogens is 1. The van der Waals surface area contributed by atoms with E-state index in [4.69, 9.17) is 16.1 Å². The Balaban J connectivity index is 1.50. The second kappa shape index (κ2) is 10.3. The summed E-state index contributed by atoms with van der Waals surface area (Å²) in [7, 11) is 0. The van der Waals surface area contributed by atoms with Gasteiger partial charge in [-0.3, -0.25) is 9.59 Å². The molecule has 2 fully saturated rings. The minimum atomic E-state index is -0.918. The van der Waals surface area contributed by atoms with Gasteiger partial charge >= 0.3 is 5.97 Å². The number of rotatable bonds is 10. The third-order valence-electron chi connectivity index (χ3n) is 7.22. The molecule has 4 rings (SSSR count). The van der Waals surface area contributed by atoms with Crippen molar-refractivity contribution in [1.82, 2.24) is 5.16 Å². The summed E-state index contributed by atoms with van der Waals surface area (Å²) in [4.78, 5) is 24.5. The second-order valence-electron chi connectivity index (χ2n) is 11.8. The lowest BCUT2D eigenvalue weighted by atomic mass is 9.67. The normalized spacial score (nSPS) is 20.8. The van der Waals surface area contributed by atoms with Crippen molar-refractivity contribution < 1.29 is 19.2 Å². The zero-order chi connectivity index (χ0) is 25.3. The minimum Gasteiger partial charge on any atom is -0.481 e. The summed E-state index contributed by atoms with van der Waals surface area (Å²) >= 11 is 6.32. The van der Waals surface area contributed by atoms with Crippen molar-refractivity contribution in [3.63, 3.8) is 0 Å². The Morgan fingerprint density at radius 3 is 2.54 bits per heavy atom. The van der Waals surface area contributed by atoms with Crippen molar-refractivity contribution >= 4 is 29.2 Å². The Bertz CT molecular complexity index is 1080. The zero-order valence-electron chi connectivity index (χ0n) is 21.2. The van der Waals surface area contributed by atoms with Gasteiger partial charge in [-0.2, -0.15) is 0 Å². The zero-order valence-corrected chi connectivity index (χ0v) is 22.0. The molecule has 0 aliphatic heterocycles. The van der Waals surface area contributed by atoms with Gasteiger partial charge in [0.05, 0.1) is 16.4 Å². The Morgan fingerprint density at radius 1 is 1.23 bits per heavy atom. The minimum absolute atomic E-state index is 0.0830. The number of carbonyl (C=O) groups excluding carboxylic acids is 1. The highest BCUT2D eigenvalue weighted by Crippen LogP contribution is 2.52.